The van der Waals surface area contributed by atoms with Gasteiger partial charge in [-0.1, -0.05) is 20.8 Å². The van der Waals surface area contributed by atoms with Gasteiger partial charge in [0.25, 0.3) is 0 Å². The summed E-state index contributed by atoms with van der Waals surface area (Å²) >= 11 is 0. The highest BCUT2D eigenvalue weighted by molar-refractivity contribution is 5.01. The zero-order valence-electron chi connectivity index (χ0n) is 8.94. The van der Waals surface area contributed by atoms with Crippen molar-refractivity contribution in [2.75, 3.05) is 0 Å². The van der Waals surface area contributed by atoms with E-state index in [1.165, 1.54) is 0 Å². The SMILES string of the molecule is CC(C)(C)C1(O)C[C@@H](O)C(O)[C@H](O)C1. The Labute approximate surface area is 84.2 Å². The van der Waals surface area contributed by atoms with E-state index < -0.39 is 29.3 Å². The minimum Gasteiger partial charge on any atom is -0.390 e. The number of hydrogen-bond donors (Lipinski definition) is 4. The minimum absolute atomic E-state index is 0.106. The van der Waals surface area contributed by atoms with Crippen LogP contribution in [0, 0.1) is 5.41 Å². The third kappa shape index (κ3) is 1.93. The van der Waals surface area contributed by atoms with E-state index in [0.29, 0.717) is 0 Å². The van der Waals surface area contributed by atoms with Crippen molar-refractivity contribution in [3.8, 4) is 0 Å². The highest BCUT2D eigenvalue weighted by atomic mass is 16.4. The van der Waals surface area contributed by atoms with E-state index in [4.69, 9.17) is 0 Å². The number of aliphatic hydroxyl groups is 4. The summed E-state index contributed by atoms with van der Waals surface area (Å²) in [6.45, 7) is 5.55. The van der Waals surface area contributed by atoms with Crippen LogP contribution in [0.4, 0.5) is 0 Å². The Morgan fingerprint density at radius 2 is 1.36 bits per heavy atom. The van der Waals surface area contributed by atoms with Crippen LogP contribution in [-0.2, 0) is 0 Å². The van der Waals surface area contributed by atoms with Crippen LogP contribution < -0.4 is 0 Å². The number of rotatable bonds is 0. The molecule has 0 aromatic carbocycles. The summed E-state index contributed by atoms with van der Waals surface area (Å²) in [4.78, 5) is 0. The fourth-order valence-corrected chi connectivity index (χ4v) is 1.89. The monoisotopic (exact) mass is 204 g/mol. The standard InChI is InChI=1S/C10H20O4/c1-9(2,3)10(14)4-6(11)8(13)7(12)5-10/h6-8,11-14H,4-5H2,1-3H3/t6-,7-,8?,10?/m1/s1. The maximum atomic E-state index is 10.2. The lowest BCUT2D eigenvalue weighted by Gasteiger charge is -2.47. The van der Waals surface area contributed by atoms with Gasteiger partial charge in [-0.15, -0.1) is 0 Å². The van der Waals surface area contributed by atoms with Gasteiger partial charge >= 0.3 is 0 Å². The molecule has 0 heterocycles. The molecule has 4 N–H and O–H groups in total. The largest absolute Gasteiger partial charge is 0.390 e. The molecule has 0 bridgehead atoms. The Hall–Kier alpha value is -0.160. The second kappa shape index (κ2) is 3.45. The summed E-state index contributed by atoms with van der Waals surface area (Å²) in [6.07, 6.45) is -3.03. The second-order valence-electron chi connectivity index (χ2n) is 5.32. The normalized spacial score (nSPS) is 45.2. The Morgan fingerprint density at radius 3 is 1.64 bits per heavy atom. The lowest BCUT2D eigenvalue weighted by atomic mass is 9.66. The molecule has 0 saturated heterocycles. The van der Waals surface area contributed by atoms with Crippen molar-refractivity contribution in [1.82, 2.24) is 0 Å². The van der Waals surface area contributed by atoms with Crippen LogP contribution in [0.3, 0.4) is 0 Å². The van der Waals surface area contributed by atoms with Crippen LogP contribution in [0.2, 0.25) is 0 Å². The fraction of sp³-hybridized carbons (Fsp3) is 1.00. The van der Waals surface area contributed by atoms with E-state index >= 15 is 0 Å². The van der Waals surface area contributed by atoms with Crippen molar-refractivity contribution in [3.05, 3.63) is 0 Å². The molecule has 0 aromatic rings. The van der Waals surface area contributed by atoms with E-state index in [2.05, 4.69) is 0 Å². The number of aliphatic hydroxyl groups excluding tert-OH is 3. The molecular formula is C10H20O4. The molecule has 1 aliphatic carbocycles. The van der Waals surface area contributed by atoms with Crippen LogP contribution in [0.5, 0.6) is 0 Å². The molecule has 4 nitrogen and oxygen atoms in total. The first-order valence-electron chi connectivity index (χ1n) is 4.94. The van der Waals surface area contributed by atoms with Gasteiger partial charge in [0.1, 0.15) is 6.10 Å². The third-order valence-electron chi connectivity index (χ3n) is 3.28. The molecule has 0 radical (unpaired) electrons. The molecule has 0 amide bonds. The molecule has 0 spiro atoms. The first kappa shape index (κ1) is 11.9. The van der Waals surface area contributed by atoms with Gasteiger partial charge < -0.3 is 20.4 Å². The Kier molecular flexibility index (Phi) is 2.94. The lowest BCUT2D eigenvalue weighted by molar-refractivity contribution is -0.187. The molecule has 1 rings (SSSR count). The van der Waals surface area contributed by atoms with Crippen LogP contribution in [-0.4, -0.2) is 44.3 Å². The van der Waals surface area contributed by atoms with Crippen LogP contribution in [0.1, 0.15) is 33.6 Å². The molecule has 84 valence electrons. The fourth-order valence-electron chi connectivity index (χ4n) is 1.89. The van der Waals surface area contributed by atoms with Crippen molar-refractivity contribution in [3.63, 3.8) is 0 Å². The zero-order valence-corrected chi connectivity index (χ0v) is 8.94. The van der Waals surface area contributed by atoms with Crippen molar-refractivity contribution in [2.24, 2.45) is 5.41 Å². The van der Waals surface area contributed by atoms with E-state index in [1.807, 2.05) is 20.8 Å². The average molecular weight is 204 g/mol. The van der Waals surface area contributed by atoms with Gasteiger partial charge in [0.2, 0.25) is 0 Å². The Balaban J connectivity index is 2.85. The highest BCUT2D eigenvalue weighted by Crippen LogP contribution is 2.41. The number of hydrogen-bond acceptors (Lipinski definition) is 4. The lowest BCUT2D eigenvalue weighted by Crippen LogP contribution is -2.57. The summed E-state index contributed by atoms with van der Waals surface area (Å²) < 4.78 is 0. The van der Waals surface area contributed by atoms with Gasteiger partial charge in [0.15, 0.2) is 0 Å². The summed E-state index contributed by atoms with van der Waals surface area (Å²) in [5, 5.41) is 38.5. The summed E-state index contributed by atoms with van der Waals surface area (Å²) in [6, 6.07) is 0. The van der Waals surface area contributed by atoms with Gasteiger partial charge in [-0.25, -0.2) is 0 Å². The molecule has 14 heavy (non-hydrogen) atoms. The molecule has 1 fully saturated rings. The highest BCUT2D eigenvalue weighted by Gasteiger charge is 2.49. The predicted molar refractivity (Wildman–Crippen MR) is 51.7 cm³/mol. The third-order valence-corrected chi connectivity index (χ3v) is 3.28. The van der Waals surface area contributed by atoms with Crippen molar-refractivity contribution >= 4 is 0 Å². The van der Waals surface area contributed by atoms with Crippen molar-refractivity contribution in [2.45, 2.75) is 57.5 Å². The molecule has 2 atom stereocenters. The van der Waals surface area contributed by atoms with E-state index in [-0.39, 0.29) is 12.8 Å². The van der Waals surface area contributed by atoms with Gasteiger partial charge in [-0.2, -0.15) is 0 Å². The molecule has 0 aromatic heterocycles. The summed E-state index contributed by atoms with van der Waals surface area (Å²) in [7, 11) is 0. The van der Waals surface area contributed by atoms with Crippen LogP contribution >= 0.6 is 0 Å². The van der Waals surface area contributed by atoms with Gasteiger partial charge in [-0.05, 0) is 5.41 Å². The van der Waals surface area contributed by atoms with Crippen LogP contribution in [0.15, 0.2) is 0 Å². The van der Waals surface area contributed by atoms with E-state index in [9.17, 15) is 20.4 Å². The maximum Gasteiger partial charge on any atom is 0.106 e. The first-order valence-corrected chi connectivity index (χ1v) is 4.94. The zero-order chi connectivity index (χ0) is 11.1. The van der Waals surface area contributed by atoms with Crippen LogP contribution in [0.25, 0.3) is 0 Å². The maximum absolute atomic E-state index is 10.2. The molecule has 1 saturated carbocycles. The van der Waals surface area contributed by atoms with Gasteiger partial charge in [0, 0.05) is 12.8 Å². The molecule has 0 aliphatic heterocycles. The first-order chi connectivity index (χ1) is 6.17. The molecular weight excluding hydrogens is 184 g/mol. The molecule has 0 unspecified atom stereocenters. The Bertz CT molecular complexity index is 197. The summed E-state index contributed by atoms with van der Waals surface area (Å²) in [5.41, 5.74) is -1.54. The van der Waals surface area contributed by atoms with Crippen molar-refractivity contribution < 1.29 is 20.4 Å². The van der Waals surface area contributed by atoms with E-state index in [0.717, 1.165) is 0 Å². The van der Waals surface area contributed by atoms with Gasteiger partial charge in [-0.3, -0.25) is 0 Å². The molecule has 1 aliphatic rings. The Morgan fingerprint density at radius 1 is 1.00 bits per heavy atom. The average Bonchev–Trinajstić information content (AvgIpc) is 1.98. The quantitative estimate of drug-likeness (QED) is 0.434. The minimum atomic E-state index is -1.14. The second-order valence-corrected chi connectivity index (χ2v) is 5.32. The van der Waals surface area contributed by atoms with Crippen molar-refractivity contribution in [1.29, 1.82) is 0 Å². The predicted octanol–water partition coefficient (Wildman–Crippen LogP) is -0.360. The smallest absolute Gasteiger partial charge is 0.106 e. The summed E-state index contributed by atoms with van der Waals surface area (Å²) in [5.74, 6) is 0. The van der Waals surface area contributed by atoms with E-state index in [1.54, 1.807) is 0 Å². The van der Waals surface area contributed by atoms with Gasteiger partial charge in [0.05, 0.1) is 17.8 Å². The topological polar surface area (TPSA) is 80.9 Å². The molecule has 4 heteroatoms.